The minimum atomic E-state index is -0.409. The van der Waals surface area contributed by atoms with E-state index in [1.807, 2.05) is 0 Å². The second kappa shape index (κ2) is 5.14. The summed E-state index contributed by atoms with van der Waals surface area (Å²) < 4.78 is 4.97. The van der Waals surface area contributed by atoms with Crippen LogP contribution < -0.4 is 4.74 Å². The topological polar surface area (TPSA) is 66.8 Å². The molecule has 0 aliphatic carbocycles. The van der Waals surface area contributed by atoms with Crippen molar-refractivity contribution in [3.63, 3.8) is 0 Å². The van der Waals surface area contributed by atoms with Crippen LogP contribution in [0, 0.1) is 0 Å². The highest BCUT2D eigenvalue weighted by molar-refractivity contribution is 8.18. The van der Waals surface area contributed by atoms with Gasteiger partial charge in [0.05, 0.1) is 12.0 Å². The van der Waals surface area contributed by atoms with Crippen LogP contribution in [0.25, 0.3) is 6.08 Å². The number of phenols is 1. The number of phenolic OH excluding ortho intramolecular Hbond substituents is 1. The number of aromatic hydroxyl groups is 1. The van der Waals surface area contributed by atoms with Gasteiger partial charge in [0.1, 0.15) is 0 Å². The first kappa shape index (κ1) is 13.8. The first-order chi connectivity index (χ1) is 8.93. The third kappa shape index (κ3) is 2.54. The number of amides is 2. The number of methoxy groups -OCH3 is 1. The largest absolute Gasteiger partial charge is 0.504 e. The number of imide groups is 1. The molecule has 0 spiro atoms. The van der Waals surface area contributed by atoms with Gasteiger partial charge in [0.2, 0.25) is 0 Å². The fourth-order valence-corrected chi connectivity index (χ4v) is 2.58. The number of carbonyl (C=O) groups excluding carboxylic acids is 2. The average molecular weight is 300 g/mol. The molecular weight excluding hydrogens is 290 g/mol. The van der Waals surface area contributed by atoms with Gasteiger partial charge in [0.25, 0.3) is 11.1 Å². The van der Waals surface area contributed by atoms with Crippen LogP contribution in [0.2, 0.25) is 5.02 Å². The molecule has 0 unspecified atom stereocenters. The number of ether oxygens (including phenoxy) is 1. The highest BCUT2D eigenvalue weighted by Gasteiger charge is 2.32. The molecule has 1 N–H and O–H groups in total. The summed E-state index contributed by atoms with van der Waals surface area (Å²) in [5.74, 6) is -0.336. The van der Waals surface area contributed by atoms with E-state index in [0.29, 0.717) is 10.6 Å². The molecule has 100 valence electrons. The molecular formula is C12H10ClNO4S. The van der Waals surface area contributed by atoms with Crippen LogP contribution in [0.1, 0.15) is 5.56 Å². The molecule has 2 amide bonds. The first-order valence-electron chi connectivity index (χ1n) is 5.22. The average Bonchev–Trinajstić information content (AvgIpc) is 2.61. The maximum Gasteiger partial charge on any atom is 0.293 e. The van der Waals surface area contributed by atoms with Gasteiger partial charge in [-0.05, 0) is 23.9 Å². The number of hydrogen-bond donors (Lipinski definition) is 1. The second-order valence-corrected chi connectivity index (χ2v) is 5.22. The monoisotopic (exact) mass is 299 g/mol. The van der Waals surface area contributed by atoms with E-state index in [0.717, 1.165) is 16.7 Å². The van der Waals surface area contributed by atoms with Crippen molar-refractivity contribution in [2.75, 3.05) is 14.2 Å². The van der Waals surface area contributed by atoms with Crippen LogP contribution in [0.5, 0.6) is 11.5 Å². The zero-order valence-electron chi connectivity index (χ0n) is 10.1. The van der Waals surface area contributed by atoms with Gasteiger partial charge in [-0.15, -0.1) is 0 Å². The standard InChI is InChI=1S/C12H10ClNO4S/c1-14-11(16)9(19-12(14)17)4-6-3-7(13)5-8(18-2)10(6)15/h3-5,15H,1-2H3/b9-4-. The van der Waals surface area contributed by atoms with Crippen LogP contribution in [0.15, 0.2) is 17.0 Å². The molecule has 1 aromatic rings. The van der Waals surface area contributed by atoms with Gasteiger partial charge in [-0.2, -0.15) is 0 Å². The summed E-state index contributed by atoms with van der Waals surface area (Å²) in [6.45, 7) is 0. The number of rotatable bonds is 2. The summed E-state index contributed by atoms with van der Waals surface area (Å²) in [7, 11) is 2.80. The molecule has 1 aliphatic rings. The molecule has 19 heavy (non-hydrogen) atoms. The summed E-state index contributed by atoms with van der Waals surface area (Å²) in [4.78, 5) is 24.4. The van der Waals surface area contributed by atoms with Crippen LogP contribution in [-0.2, 0) is 4.79 Å². The lowest BCUT2D eigenvalue weighted by atomic mass is 10.1. The minimum absolute atomic E-state index is 0.130. The van der Waals surface area contributed by atoms with E-state index in [-0.39, 0.29) is 21.6 Å². The number of likely N-dealkylation sites (N-methyl/N-ethyl adjacent to an activating group) is 1. The zero-order chi connectivity index (χ0) is 14.2. The molecule has 7 heteroatoms. The van der Waals surface area contributed by atoms with Gasteiger partial charge in [0, 0.05) is 23.7 Å². The first-order valence-corrected chi connectivity index (χ1v) is 6.41. The molecule has 1 saturated heterocycles. The lowest BCUT2D eigenvalue weighted by Crippen LogP contribution is -2.22. The third-order valence-electron chi connectivity index (χ3n) is 2.56. The quantitative estimate of drug-likeness (QED) is 0.851. The number of halogens is 1. The molecule has 0 saturated carbocycles. The Kier molecular flexibility index (Phi) is 3.73. The van der Waals surface area contributed by atoms with Crippen LogP contribution in [0.4, 0.5) is 4.79 Å². The van der Waals surface area contributed by atoms with Crippen molar-refractivity contribution in [1.82, 2.24) is 4.90 Å². The summed E-state index contributed by atoms with van der Waals surface area (Å²) >= 11 is 6.70. The van der Waals surface area contributed by atoms with Crippen molar-refractivity contribution in [3.8, 4) is 11.5 Å². The molecule has 0 aromatic heterocycles. The SMILES string of the molecule is COc1cc(Cl)cc(/C=C2\SC(=O)N(C)C2=O)c1O. The summed E-state index contributed by atoms with van der Waals surface area (Å²) in [6, 6.07) is 2.95. The number of thioether (sulfide) groups is 1. The molecule has 0 atom stereocenters. The molecule has 0 radical (unpaired) electrons. The molecule has 1 aliphatic heterocycles. The van der Waals surface area contributed by atoms with Crippen molar-refractivity contribution in [2.45, 2.75) is 0 Å². The Hall–Kier alpha value is -1.66. The highest BCUT2D eigenvalue weighted by atomic mass is 35.5. The lowest BCUT2D eigenvalue weighted by Gasteiger charge is -2.07. The van der Waals surface area contributed by atoms with Gasteiger partial charge in [0.15, 0.2) is 11.5 Å². The lowest BCUT2D eigenvalue weighted by molar-refractivity contribution is -0.121. The molecule has 1 heterocycles. The summed E-state index contributed by atoms with van der Waals surface area (Å²) in [5.41, 5.74) is 0.323. The second-order valence-electron chi connectivity index (χ2n) is 3.79. The van der Waals surface area contributed by atoms with E-state index in [9.17, 15) is 14.7 Å². The minimum Gasteiger partial charge on any atom is -0.504 e. The Morgan fingerprint density at radius 1 is 1.42 bits per heavy atom. The van der Waals surface area contributed by atoms with Gasteiger partial charge >= 0.3 is 0 Å². The normalized spacial score (nSPS) is 17.4. The van der Waals surface area contributed by atoms with Crippen molar-refractivity contribution in [2.24, 2.45) is 0 Å². The van der Waals surface area contributed by atoms with Crippen LogP contribution in [0.3, 0.4) is 0 Å². The summed E-state index contributed by atoms with van der Waals surface area (Å²) in [6.07, 6.45) is 1.41. The number of nitrogens with zero attached hydrogens (tertiary/aromatic N) is 1. The van der Waals surface area contributed by atoms with E-state index in [2.05, 4.69) is 0 Å². The van der Waals surface area contributed by atoms with Gasteiger partial charge < -0.3 is 9.84 Å². The Morgan fingerprint density at radius 3 is 2.63 bits per heavy atom. The highest BCUT2D eigenvalue weighted by Crippen LogP contribution is 2.38. The van der Waals surface area contributed by atoms with E-state index in [1.165, 1.54) is 32.4 Å². The van der Waals surface area contributed by atoms with E-state index in [4.69, 9.17) is 16.3 Å². The van der Waals surface area contributed by atoms with E-state index in [1.54, 1.807) is 0 Å². The Bertz CT molecular complexity index is 600. The van der Waals surface area contributed by atoms with Gasteiger partial charge in [-0.3, -0.25) is 14.5 Å². The molecule has 5 nitrogen and oxygen atoms in total. The number of hydrogen-bond acceptors (Lipinski definition) is 5. The fourth-order valence-electron chi connectivity index (χ4n) is 1.55. The van der Waals surface area contributed by atoms with Crippen molar-refractivity contribution in [3.05, 3.63) is 27.6 Å². The Labute approximate surface area is 118 Å². The maximum atomic E-state index is 11.7. The van der Waals surface area contributed by atoms with E-state index >= 15 is 0 Å². The Morgan fingerprint density at radius 2 is 2.11 bits per heavy atom. The zero-order valence-corrected chi connectivity index (χ0v) is 11.7. The fraction of sp³-hybridized carbons (Fsp3) is 0.167. The maximum absolute atomic E-state index is 11.7. The van der Waals surface area contributed by atoms with Crippen LogP contribution in [-0.4, -0.2) is 35.3 Å². The van der Waals surface area contributed by atoms with Crippen molar-refractivity contribution >= 4 is 40.6 Å². The van der Waals surface area contributed by atoms with Gasteiger partial charge in [-0.25, -0.2) is 0 Å². The predicted octanol–water partition coefficient (Wildman–Crippen LogP) is 2.72. The Balaban J connectivity index is 2.47. The van der Waals surface area contributed by atoms with Gasteiger partial charge in [-0.1, -0.05) is 11.6 Å². The third-order valence-corrected chi connectivity index (χ3v) is 3.74. The number of benzene rings is 1. The van der Waals surface area contributed by atoms with Crippen molar-refractivity contribution in [1.29, 1.82) is 0 Å². The molecule has 1 fully saturated rings. The summed E-state index contributed by atoms with van der Waals surface area (Å²) in [5, 5.41) is 9.95. The predicted molar refractivity (Wildman–Crippen MR) is 73.4 cm³/mol. The molecule has 2 rings (SSSR count). The van der Waals surface area contributed by atoms with Crippen molar-refractivity contribution < 1.29 is 19.4 Å². The molecule has 0 bridgehead atoms. The molecule has 1 aromatic carbocycles. The number of carbonyl (C=O) groups is 2. The smallest absolute Gasteiger partial charge is 0.293 e. The van der Waals surface area contributed by atoms with Crippen LogP contribution >= 0.6 is 23.4 Å². The van der Waals surface area contributed by atoms with E-state index < -0.39 is 5.91 Å².